The minimum absolute atomic E-state index is 0.0329. The molecule has 0 N–H and O–H groups in total. The Bertz CT molecular complexity index is 541. The summed E-state index contributed by atoms with van der Waals surface area (Å²) in [6.45, 7) is 29.0. The molecule has 0 aromatic heterocycles. The highest BCUT2D eigenvalue weighted by Gasteiger charge is 2.10. The molecule has 5 heteroatoms. The number of nitrogens with zero attached hydrogens (tertiary/aromatic N) is 1. The number of aldehydes is 1. The molecule has 0 aliphatic carbocycles. The zero-order valence-corrected chi connectivity index (χ0v) is 35.4. The van der Waals surface area contributed by atoms with E-state index in [2.05, 4.69) is 60.3 Å². The summed E-state index contributed by atoms with van der Waals surface area (Å²) >= 11 is 0. The molecule has 294 valence electrons. The van der Waals surface area contributed by atoms with Crippen molar-refractivity contribution in [3.63, 3.8) is 0 Å². The van der Waals surface area contributed by atoms with Gasteiger partial charge in [0.25, 0.3) is 0 Å². The summed E-state index contributed by atoms with van der Waals surface area (Å²) in [4.78, 5) is 23.8. The van der Waals surface area contributed by atoms with E-state index in [4.69, 9.17) is 9.47 Å². The van der Waals surface area contributed by atoms with Crippen molar-refractivity contribution in [2.24, 2.45) is 11.8 Å². The Balaban J connectivity index is -0.000000178. The second kappa shape index (κ2) is 55.5. The fourth-order valence-electron chi connectivity index (χ4n) is 5.19. The maximum absolute atomic E-state index is 11.2. The molecule has 0 radical (unpaired) electrons. The van der Waals surface area contributed by atoms with Gasteiger partial charge in [-0.1, -0.05) is 159 Å². The molecule has 0 aromatic rings. The third kappa shape index (κ3) is 57.3. The van der Waals surface area contributed by atoms with Crippen LogP contribution in [-0.4, -0.2) is 57.1 Å². The first kappa shape index (κ1) is 56.4. The van der Waals surface area contributed by atoms with Crippen molar-refractivity contribution >= 4 is 12.3 Å². The molecule has 48 heavy (non-hydrogen) atoms. The third-order valence-electron chi connectivity index (χ3n) is 8.29. The van der Waals surface area contributed by atoms with Crippen LogP contribution in [0, 0.1) is 11.8 Å². The number of hydrogen-bond acceptors (Lipinski definition) is 5. The van der Waals surface area contributed by atoms with Gasteiger partial charge in [-0.25, -0.2) is 0 Å². The first-order chi connectivity index (χ1) is 23.3. The van der Waals surface area contributed by atoms with Gasteiger partial charge in [0.05, 0.1) is 6.61 Å². The average Bonchev–Trinajstić information content (AvgIpc) is 3.10. The van der Waals surface area contributed by atoms with Crippen LogP contribution in [0.4, 0.5) is 0 Å². The third-order valence-corrected chi connectivity index (χ3v) is 8.29. The zero-order valence-electron chi connectivity index (χ0n) is 35.4. The summed E-state index contributed by atoms with van der Waals surface area (Å²) in [6, 6.07) is 0. The van der Waals surface area contributed by atoms with E-state index in [9.17, 15) is 9.59 Å². The molecule has 0 rings (SSSR count). The van der Waals surface area contributed by atoms with E-state index in [1.165, 1.54) is 129 Å². The molecule has 0 fully saturated rings. The van der Waals surface area contributed by atoms with Gasteiger partial charge in [-0.3, -0.25) is 4.79 Å². The first-order valence-corrected chi connectivity index (χ1v) is 21.1. The van der Waals surface area contributed by atoms with Crippen LogP contribution in [0.1, 0.15) is 217 Å². The summed E-state index contributed by atoms with van der Waals surface area (Å²) in [5.74, 6) is 1.42. The van der Waals surface area contributed by atoms with E-state index in [1.807, 2.05) is 20.8 Å². The Hall–Kier alpha value is -0.940. The topological polar surface area (TPSA) is 55.8 Å². The van der Waals surface area contributed by atoms with E-state index in [0.29, 0.717) is 18.9 Å². The van der Waals surface area contributed by atoms with Gasteiger partial charge in [0.1, 0.15) is 6.29 Å². The fourth-order valence-corrected chi connectivity index (χ4v) is 5.19. The average molecular weight is 688 g/mol. The van der Waals surface area contributed by atoms with E-state index in [0.717, 1.165) is 44.5 Å². The van der Waals surface area contributed by atoms with Crippen LogP contribution in [0.25, 0.3) is 0 Å². The normalized spacial score (nSPS) is 11.4. The number of carbonyl (C=O) groups is 2. The van der Waals surface area contributed by atoms with Crippen LogP contribution in [0.3, 0.4) is 0 Å². The van der Waals surface area contributed by atoms with Gasteiger partial charge >= 0.3 is 5.97 Å². The van der Waals surface area contributed by atoms with E-state index in [-0.39, 0.29) is 5.97 Å². The maximum Gasteiger partial charge on any atom is 0.305 e. The van der Waals surface area contributed by atoms with E-state index >= 15 is 0 Å². The van der Waals surface area contributed by atoms with Gasteiger partial charge in [0.15, 0.2) is 0 Å². The molecule has 0 saturated carbocycles. The summed E-state index contributed by atoms with van der Waals surface area (Å²) < 4.78 is 9.63. The first-order valence-electron chi connectivity index (χ1n) is 21.1. The monoisotopic (exact) mass is 688 g/mol. The molecule has 0 aromatic carbocycles. The Labute approximate surface area is 304 Å². The molecule has 2 atom stereocenters. The minimum Gasteiger partial charge on any atom is -0.466 e. The standard InChI is InChI=1S/C14H31N.C14H28O2.C9H18O.C4H10O.C2H6/c1-4-7-9-10-11-14-15(12-6-3)13-8-5-2;1-4-7-8-9-10-13(5-2)11-12-14(15)16-6-3;1-3-4-6-9(2)7-5-8-10;1-3-4-5-2;1-2/h4-14H2,1-3H3;13H,4-12H2,1-3H3;8-9H,3-7H2,1-2H3;3-4H2,1-2H3;1-2H3. The lowest BCUT2D eigenvalue weighted by molar-refractivity contribution is -0.143. The van der Waals surface area contributed by atoms with Gasteiger partial charge in [0, 0.05) is 26.6 Å². The lowest BCUT2D eigenvalue weighted by Crippen LogP contribution is -2.26. The molecule has 5 nitrogen and oxygen atoms in total. The van der Waals surface area contributed by atoms with Gasteiger partial charge in [0.2, 0.25) is 0 Å². The van der Waals surface area contributed by atoms with Gasteiger partial charge in [-0.05, 0) is 76.9 Å². The highest BCUT2D eigenvalue weighted by molar-refractivity contribution is 5.69. The molecule has 0 aliphatic heterocycles. The van der Waals surface area contributed by atoms with E-state index < -0.39 is 0 Å². The van der Waals surface area contributed by atoms with Gasteiger partial charge < -0.3 is 19.2 Å². The number of rotatable bonds is 29. The maximum atomic E-state index is 11.2. The Morgan fingerprint density at radius 1 is 0.625 bits per heavy atom. The van der Waals surface area contributed by atoms with Crippen LogP contribution >= 0.6 is 0 Å². The largest absolute Gasteiger partial charge is 0.466 e. The number of esters is 1. The molecule has 0 aliphatic rings. The van der Waals surface area contributed by atoms with Crippen LogP contribution in [0.5, 0.6) is 0 Å². The van der Waals surface area contributed by atoms with Crippen LogP contribution in [0.15, 0.2) is 0 Å². The number of hydrogen-bond donors (Lipinski definition) is 0. The van der Waals surface area contributed by atoms with Crippen molar-refractivity contribution in [3.05, 3.63) is 0 Å². The quantitative estimate of drug-likeness (QED) is 0.0445. The second-order valence-electron chi connectivity index (χ2n) is 13.1. The Morgan fingerprint density at radius 2 is 1.19 bits per heavy atom. The highest BCUT2D eigenvalue weighted by Crippen LogP contribution is 2.19. The molecular formula is C43H93NO4. The van der Waals surface area contributed by atoms with E-state index in [1.54, 1.807) is 7.11 Å². The Morgan fingerprint density at radius 3 is 1.65 bits per heavy atom. The van der Waals surface area contributed by atoms with Crippen LogP contribution in [0.2, 0.25) is 0 Å². The number of carbonyl (C=O) groups excluding carboxylic acids is 2. The van der Waals surface area contributed by atoms with Crippen molar-refractivity contribution in [2.45, 2.75) is 217 Å². The van der Waals surface area contributed by atoms with Gasteiger partial charge in [-0.2, -0.15) is 0 Å². The predicted octanol–water partition coefficient (Wildman–Crippen LogP) is 13.7. The molecule has 0 spiro atoms. The molecule has 0 saturated heterocycles. The number of unbranched alkanes of at least 4 members (excludes halogenated alkanes) is 9. The van der Waals surface area contributed by atoms with Crippen LogP contribution < -0.4 is 0 Å². The number of ether oxygens (including phenoxy) is 2. The fraction of sp³-hybridized carbons (Fsp3) is 0.953. The molecular weight excluding hydrogens is 594 g/mol. The summed E-state index contributed by atoms with van der Waals surface area (Å²) in [6.07, 6.45) is 28.2. The predicted molar refractivity (Wildman–Crippen MR) is 216 cm³/mol. The van der Waals surface area contributed by atoms with Crippen molar-refractivity contribution in [1.29, 1.82) is 0 Å². The SMILES string of the molecule is CC.CCCCC(C)CCC=O.CCCCCCC(CC)CCC(=O)OCC.CCCCCCCN(CCC)CCCC.CCCOC. The summed E-state index contributed by atoms with van der Waals surface area (Å²) in [7, 11) is 1.71. The zero-order chi connectivity index (χ0) is 37.5. The molecule has 0 amide bonds. The highest BCUT2D eigenvalue weighted by atomic mass is 16.5. The van der Waals surface area contributed by atoms with Crippen molar-refractivity contribution < 1.29 is 19.1 Å². The molecule has 0 bridgehead atoms. The smallest absolute Gasteiger partial charge is 0.305 e. The van der Waals surface area contributed by atoms with Crippen molar-refractivity contribution in [3.8, 4) is 0 Å². The minimum atomic E-state index is -0.0329. The summed E-state index contributed by atoms with van der Waals surface area (Å²) in [5, 5.41) is 0. The van der Waals surface area contributed by atoms with Crippen LogP contribution in [-0.2, 0) is 19.1 Å². The lowest BCUT2D eigenvalue weighted by Gasteiger charge is -2.21. The molecule has 0 heterocycles. The van der Waals surface area contributed by atoms with Crippen molar-refractivity contribution in [2.75, 3.05) is 40.0 Å². The van der Waals surface area contributed by atoms with Gasteiger partial charge in [-0.15, -0.1) is 0 Å². The van der Waals surface area contributed by atoms with Crippen molar-refractivity contribution in [1.82, 2.24) is 4.90 Å². The molecule has 2 unspecified atom stereocenters. The Kier molecular flexibility index (Phi) is 65.2. The number of methoxy groups -OCH3 is 1. The lowest BCUT2D eigenvalue weighted by atomic mass is 9.94. The summed E-state index contributed by atoms with van der Waals surface area (Å²) in [5.41, 5.74) is 0. The second-order valence-corrected chi connectivity index (χ2v) is 13.1.